The maximum absolute atomic E-state index is 11.7. The molecule has 0 fully saturated rings. The molecule has 0 saturated heterocycles. The van der Waals surface area contributed by atoms with Crippen LogP contribution < -0.4 is 5.56 Å². The number of ether oxygens (including phenoxy) is 1. The van der Waals surface area contributed by atoms with E-state index in [1.165, 1.54) is 41.3 Å². The van der Waals surface area contributed by atoms with Gasteiger partial charge in [0.1, 0.15) is 0 Å². The highest BCUT2D eigenvalue weighted by Crippen LogP contribution is 2.25. The van der Waals surface area contributed by atoms with Crippen LogP contribution in [-0.2, 0) is 21.7 Å². The average molecular weight is 340 g/mol. The summed E-state index contributed by atoms with van der Waals surface area (Å²) in [5.74, 6) is 0.254. The van der Waals surface area contributed by atoms with Crippen LogP contribution in [0.5, 0.6) is 0 Å². The summed E-state index contributed by atoms with van der Waals surface area (Å²) >= 11 is 1.43. The molecular formula is C18H16N2O3S. The number of hydrogen-bond acceptors (Lipinski definition) is 5. The SMILES string of the molecule is COC(=O)Cc1cc(=O)[nH]c(SCc2cccc3ccccc23)n1. The molecule has 0 amide bonds. The number of methoxy groups -OCH3 is 1. The number of nitrogens with one attached hydrogen (secondary N) is 1. The van der Waals surface area contributed by atoms with E-state index >= 15 is 0 Å². The van der Waals surface area contributed by atoms with Crippen molar-refractivity contribution in [3.63, 3.8) is 0 Å². The summed E-state index contributed by atoms with van der Waals surface area (Å²) in [5.41, 5.74) is 1.30. The zero-order valence-electron chi connectivity index (χ0n) is 13.1. The van der Waals surface area contributed by atoms with Gasteiger partial charge >= 0.3 is 5.97 Å². The Hall–Kier alpha value is -2.60. The van der Waals surface area contributed by atoms with Crippen LogP contribution >= 0.6 is 11.8 Å². The van der Waals surface area contributed by atoms with Crippen molar-refractivity contribution in [2.45, 2.75) is 17.3 Å². The van der Waals surface area contributed by atoms with E-state index < -0.39 is 5.97 Å². The van der Waals surface area contributed by atoms with Crippen molar-refractivity contribution in [3.05, 3.63) is 70.1 Å². The van der Waals surface area contributed by atoms with Crippen LogP contribution in [0.3, 0.4) is 0 Å². The second-order valence-corrected chi connectivity index (χ2v) is 6.19. The van der Waals surface area contributed by atoms with E-state index in [2.05, 4.69) is 39.0 Å². The maximum atomic E-state index is 11.7. The van der Waals surface area contributed by atoms with Crippen LogP contribution in [0.4, 0.5) is 0 Å². The quantitative estimate of drug-likeness (QED) is 0.439. The Balaban J connectivity index is 1.81. The minimum atomic E-state index is -0.418. The highest BCUT2D eigenvalue weighted by atomic mass is 32.2. The zero-order valence-corrected chi connectivity index (χ0v) is 13.9. The summed E-state index contributed by atoms with van der Waals surface area (Å²) in [6.45, 7) is 0. The van der Waals surface area contributed by atoms with E-state index in [1.54, 1.807) is 0 Å². The predicted molar refractivity (Wildman–Crippen MR) is 94.1 cm³/mol. The second-order valence-electron chi connectivity index (χ2n) is 5.22. The van der Waals surface area contributed by atoms with Gasteiger partial charge in [-0.2, -0.15) is 0 Å². The molecule has 0 bridgehead atoms. The lowest BCUT2D eigenvalue weighted by molar-refractivity contribution is -0.139. The standard InChI is InChI=1S/C18H16N2O3S/c1-23-17(22)10-14-9-16(21)20-18(19-14)24-11-13-7-4-6-12-5-2-3-8-15(12)13/h2-9H,10-11H2,1H3,(H,19,20,21). The lowest BCUT2D eigenvalue weighted by Crippen LogP contribution is -2.13. The van der Waals surface area contributed by atoms with E-state index in [9.17, 15) is 9.59 Å². The normalized spacial score (nSPS) is 10.7. The molecule has 3 rings (SSSR count). The number of fused-ring (bicyclic) bond motifs is 1. The molecule has 0 radical (unpaired) electrons. The van der Waals surface area contributed by atoms with Crippen LogP contribution in [-0.4, -0.2) is 23.0 Å². The first-order valence-electron chi connectivity index (χ1n) is 7.42. The van der Waals surface area contributed by atoms with E-state index in [0.29, 0.717) is 16.6 Å². The molecule has 6 heteroatoms. The molecule has 0 aliphatic heterocycles. The summed E-state index contributed by atoms with van der Waals surface area (Å²) in [6, 6.07) is 15.6. The van der Waals surface area contributed by atoms with Gasteiger partial charge in [0, 0.05) is 11.8 Å². The predicted octanol–water partition coefficient (Wildman–Crippen LogP) is 2.93. The lowest BCUT2D eigenvalue weighted by Gasteiger charge is -2.07. The van der Waals surface area contributed by atoms with E-state index in [0.717, 1.165) is 0 Å². The first-order chi connectivity index (χ1) is 11.7. The molecule has 0 aliphatic rings. The number of rotatable bonds is 5. The van der Waals surface area contributed by atoms with Crippen molar-refractivity contribution in [3.8, 4) is 0 Å². The summed E-state index contributed by atoms with van der Waals surface area (Å²) in [6.07, 6.45) is -0.0117. The average Bonchev–Trinajstić information content (AvgIpc) is 2.59. The molecule has 2 aromatic carbocycles. The Morgan fingerprint density at radius 1 is 1.21 bits per heavy atom. The first kappa shape index (κ1) is 16.3. The highest BCUT2D eigenvalue weighted by molar-refractivity contribution is 7.98. The zero-order chi connectivity index (χ0) is 16.9. The van der Waals surface area contributed by atoms with Crippen LogP contribution in [0.15, 0.2) is 58.5 Å². The molecule has 0 aliphatic carbocycles. The number of hydrogen-bond donors (Lipinski definition) is 1. The van der Waals surface area contributed by atoms with E-state index in [1.807, 2.05) is 18.2 Å². The highest BCUT2D eigenvalue weighted by Gasteiger charge is 2.08. The molecule has 3 aromatic rings. The Labute approximate surface area is 143 Å². The van der Waals surface area contributed by atoms with Gasteiger partial charge in [-0.15, -0.1) is 0 Å². The molecule has 0 saturated carbocycles. The van der Waals surface area contributed by atoms with Gasteiger partial charge in [0.05, 0.1) is 19.2 Å². The number of H-pyrrole nitrogens is 1. The number of aromatic nitrogens is 2. The molecule has 1 heterocycles. The topological polar surface area (TPSA) is 72.1 Å². The molecule has 1 aromatic heterocycles. The van der Waals surface area contributed by atoms with Gasteiger partial charge in [0.25, 0.3) is 5.56 Å². The Kier molecular flexibility index (Phi) is 4.96. The molecule has 1 N–H and O–H groups in total. The van der Waals surface area contributed by atoms with Crippen molar-refractivity contribution in [2.75, 3.05) is 7.11 Å². The Morgan fingerprint density at radius 3 is 2.83 bits per heavy atom. The molecule has 24 heavy (non-hydrogen) atoms. The Morgan fingerprint density at radius 2 is 2.00 bits per heavy atom. The number of benzene rings is 2. The number of esters is 1. The van der Waals surface area contributed by atoms with Crippen molar-refractivity contribution >= 4 is 28.5 Å². The third-order valence-corrected chi connectivity index (χ3v) is 4.49. The fourth-order valence-electron chi connectivity index (χ4n) is 2.43. The molecular weight excluding hydrogens is 324 g/mol. The minimum Gasteiger partial charge on any atom is -0.469 e. The fraction of sp³-hybridized carbons (Fsp3) is 0.167. The molecule has 122 valence electrons. The smallest absolute Gasteiger partial charge is 0.311 e. The van der Waals surface area contributed by atoms with Crippen LogP contribution in [0.25, 0.3) is 10.8 Å². The lowest BCUT2D eigenvalue weighted by atomic mass is 10.1. The van der Waals surface area contributed by atoms with Crippen molar-refractivity contribution < 1.29 is 9.53 Å². The van der Waals surface area contributed by atoms with Gasteiger partial charge in [-0.3, -0.25) is 9.59 Å². The first-order valence-corrected chi connectivity index (χ1v) is 8.41. The van der Waals surface area contributed by atoms with E-state index in [4.69, 9.17) is 0 Å². The molecule has 0 atom stereocenters. The maximum Gasteiger partial charge on any atom is 0.311 e. The largest absolute Gasteiger partial charge is 0.469 e. The molecule has 0 spiro atoms. The van der Waals surface area contributed by atoms with E-state index in [-0.39, 0.29) is 12.0 Å². The van der Waals surface area contributed by atoms with Gasteiger partial charge in [-0.25, -0.2) is 4.98 Å². The van der Waals surface area contributed by atoms with Gasteiger partial charge in [0.2, 0.25) is 0 Å². The number of aromatic amines is 1. The monoisotopic (exact) mass is 340 g/mol. The number of carbonyl (C=O) groups is 1. The summed E-state index contributed by atoms with van der Waals surface area (Å²) in [4.78, 5) is 30.1. The Bertz CT molecular complexity index is 931. The molecule has 0 unspecified atom stereocenters. The second kappa shape index (κ2) is 7.31. The minimum absolute atomic E-state index is 0.0117. The van der Waals surface area contributed by atoms with Crippen LogP contribution in [0.2, 0.25) is 0 Å². The fourth-order valence-corrected chi connectivity index (χ4v) is 3.33. The summed E-state index contributed by atoms with van der Waals surface area (Å²) < 4.78 is 4.61. The van der Waals surface area contributed by atoms with Gasteiger partial charge in [-0.1, -0.05) is 54.2 Å². The van der Waals surface area contributed by atoms with Gasteiger partial charge < -0.3 is 9.72 Å². The summed E-state index contributed by atoms with van der Waals surface area (Å²) in [5, 5.41) is 2.85. The van der Waals surface area contributed by atoms with Crippen molar-refractivity contribution in [1.29, 1.82) is 0 Å². The van der Waals surface area contributed by atoms with Gasteiger partial charge in [0.15, 0.2) is 5.16 Å². The van der Waals surface area contributed by atoms with Crippen molar-refractivity contribution in [1.82, 2.24) is 9.97 Å². The summed E-state index contributed by atoms with van der Waals surface area (Å²) in [7, 11) is 1.31. The third-order valence-electron chi connectivity index (χ3n) is 3.57. The third kappa shape index (κ3) is 3.83. The number of nitrogens with zero attached hydrogens (tertiary/aromatic N) is 1. The van der Waals surface area contributed by atoms with Gasteiger partial charge in [-0.05, 0) is 16.3 Å². The van der Waals surface area contributed by atoms with Crippen LogP contribution in [0.1, 0.15) is 11.3 Å². The number of thioether (sulfide) groups is 1. The van der Waals surface area contributed by atoms with Crippen LogP contribution in [0, 0.1) is 0 Å². The molecule has 5 nitrogen and oxygen atoms in total. The number of carbonyl (C=O) groups excluding carboxylic acids is 1. The van der Waals surface area contributed by atoms with Crippen molar-refractivity contribution in [2.24, 2.45) is 0 Å².